The highest BCUT2D eigenvalue weighted by molar-refractivity contribution is 6.22. The summed E-state index contributed by atoms with van der Waals surface area (Å²) in [5.74, 6) is -0.231. The van der Waals surface area contributed by atoms with E-state index >= 15 is 0 Å². The third-order valence-electron chi connectivity index (χ3n) is 3.62. The fourth-order valence-corrected chi connectivity index (χ4v) is 2.64. The zero-order valence-corrected chi connectivity index (χ0v) is 10.6. The molecule has 1 aromatic carbocycles. The van der Waals surface area contributed by atoms with Gasteiger partial charge in [0.2, 0.25) is 5.91 Å². The van der Waals surface area contributed by atoms with Gasteiger partial charge in [0.05, 0.1) is 31.4 Å². The van der Waals surface area contributed by atoms with Crippen LogP contribution in [0.2, 0.25) is 0 Å². The average Bonchev–Trinajstić information content (AvgIpc) is 2.76. The summed E-state index contributed by atoms with van der Waals surface area (Å²) in [6.45, 7) is 2.69. The van der Waals surface area contributed by atoms with Crippen LogP contribution in [0.5, 0.6) is 0 Å². The van der Waals surface area contributed by atoms with Crippen LogP contribution in [-0.2, 0) is 14.3 Å². The number of hydrogen-bond acceptors (Lipinski definition) is 4. The zero-order chi connectivity index (χ0) is 13.2. The van der Waals surface area contributed by atoms with Crippen molar-refractivity contribution < 1.29 is 14.3 Å². The summed E-state index contributed by atoms with van der Waals surface area (Å²) in [5.41, 5.74) is 0.660. The van der Waals surface area contributed by atoms with Crippen molar-refractivity contribution >= 4 is 17.5 Å². The minimum Gasteiger partial charge on any atom is -0.379 e. The largest absolute Gasteiger partial charge is 0.379 e. The van der Waals surface area contributed by atoms with Gasteiger partial charge in [-0.15, -0.1) is 0 Å². The lowest BCUT2D eigenvalue weighted by Crippen LogP contribution is -2.47. The molecule has 2 aliphatic rings. The summed E-state index contributed by atoms with van der Waals surface area (Å²) < 4.78 is 5.28. The average molecular weight is 260 g/mol. The first kappa shape index (κ1) is 12.3. The second-order valence-electron chi connectivity index (χ2n) is 4.77. The van der Waals surface area contributed by atoms with E-state index in [0.29, 0.717) is 32.0 Å². The summed E-state index contributed by atoms with van der Waals surface area (Å²) >= 11 is 0. The van der Waals surface area contributed by atoms with Gasteiger partial charge in [0.15, 0.2) is 0 Å². The maximum atomic E-state index is 12.4. The van der Waals surface area contributed by atoms with Crippen LogP contribution in [0.1, 0.15) is 6.42 Å². The van der Waals surface area contributed by atoms with E-state index in [1.807, 2.05) is 23.1 Å². The first-order valence-electron chi connectivity index (χ1n) is 6.51. The minimum absolute atomic E-state index is 0.113. The van der Waals surface area contributed by atoms with Crippen LogP contribution in [0.3, 0.4) is 0 Å². The summed E-state index contributed by atoms with van der Waals surface area (Å²) in [7, 11) is 0. The third-order valence-corrected chi connectivity index (χ3v) is 3.62. The predicted molar refractivity (Wildman–Crippen MR) is 69.7 cm³/mol. The normalized spacial score (nSPS) is 25.1. The number of carbonyl (C=O) groups excluding carboxylic acids is 2. The van der Waals surface area contributed by atoms with Crippen molar-refractivity contribution in [3.05, 3.63) is 30.3 Å². The molecule has 19 heavy (non-hydrogen) atoms. The summed E-state index contributed by atoms with van der Waals surface area (Å²) in [5, 5.41) is 0. The third kappa shape index (κ3) is 2.27. The quantitative estimate of drug-likeness (QED) is 0.733. The Kier molecular flexibility index (Phi) is 3.31. The molecule has 2 amide bonds. The second kappa shape index (κ2) is 5.11. The van der Waals surface area contributed by atoms with Gasteiger partial charge in [-0.05, 0) is 12.1 Å². The van der Waals surface area contributed by atoms with Crippen molar-refractivity contribution in [2.75, 3.05) is 31.2 Å². The SMILES string of the molecule is O=C1C[C@H](N2CCOCC2)C(=O)N1c1ccccc1. The van der Waals surface area contributed by atoms with Crippen molar-refractivity contribution in [1.29, 1.82) is 0 Å². The van der Waals surface area contributed by atoms with Crippen LogP contribution >= 0.6 is 0 Å². The molecule has 0 bridgehead atoms. The minimum atomic E-state index is -0.323. The number of hydrogen-bond donors (Lipinski definition) is 0. The van der Waals surface area contributed by atoms with Gasteiger partial charge in [-0.1, -0.05) is 18.2 Å². The number of anilines is 1. The molecule has 3 rings (SSSR count). The number of imide groups is 1. The Balaban J connectivity index is 1.81. The molecule has 0 unspecified atom stereocenters. The molecule has 2 saturated heterocycles. The van der Waals surface area contributed by atoms with Gasteiger partial charge >= 0.3 is 0 Å². The Hall–Kier alpha value is -1.72. The Morgan fingerprint density at radius 2 is 1.74 bits per heavy atom. The number of morpholine rings is 1. The van der Waals surface area contributed by atoms with Gasteiger partial charge in [0, 0.05) is 13.1 Å². The van der Waals surface area contributed by atoms with Gasteiger partial charge < -0.3 is 4.74 Å². The van der Waals surface area contributed by atoms with E-state index in [2.05, 4.69) is 0 Å². The summed E-state index contributed by atoms with van der Waals surface area (Å²) in [6, 6.07) is 8.79. The van der Waals surface area contributed by atoms with Crippen molar-refractivity contribution in [3.8, 4) is 0 Å². The van der Waals surface area contributed by atoms with E-state index in [1.165, 1.54) is 4.90 Å². The Morgan fingerprint density at radius 3 is 2.42 bits per heavy atom. The number of amides is 2. The molecule has 0 N–H and O–H groups in total. The van der Waals surface area contributed by atoms with Crippen molar-refractivity contribution in [2.24, 2.45) is 0 Å². The lowest BCUT2D eigenvalue weighted by molar-refractivity contribution is -0.123. The Labute approximate surface area is 111 Å². The van der Waals surface area contributed by atoms with Crippen LogP contribution in [0.25, 0.3) is 0 Å². The van der Waals surface area contributed by atoms with Crippen LogP contribution in [0.4, 0.5) is 5.69 Å². The van der Waals surface area contributed by atoms with Gasteiger partial charge in [-0.2, -0.15) is 0 Å². The van der Waals surface area contributed by atoms with Gasteiger partial charge in [0.1, 0.15) is 0 Å². The first-order chi connectivity index (χ1) is 9.27. The van der Waals surface area contributed by atoms with Crippen LogP contribution in [0, 0.1) is 0 Å². The maximum Gasteiger partial charge on any atom is 0.251 e. The van der Waals surface area contributed by atoms with E-state index in [9.17, 15) is 9.59 Å². The molecular weight excluding hydrogens is 244 g/mol. The number of ether oxygens (including phenoxy) is 1. The highest BCUT2D eigenvalue weighted by Crippen LogP contribution is 2.25. The number of nitrogens with zero attached hydrogens (tertiary/aromatic N) is 2. The van der Waals surface area contributed by atoms with E-state index in [4.69, 9.17) is 4.74 Å². The molecule has 0 spiro atoms. The molecule has 5 heteroatoms. The summed E-state index contributed by atoms with van der Waals surface area (Å²) in [6.07, 6.45) is 0.272. The standard InChI is InChI=1S/C14H16N2O3/c17-13-10-12(15-6-8-19-9-7-15)14(18)16(13)11-4-2-1-3-5-11/h1-5,12H,6-10H2/t12-/m0/s1. The van der Waals surface area contributed by atoms with E-state index in [-0.39, 0.29) is 24.3 Å². The molecule has 0 saturated carbocycles. The van der Waals surface area contributed by atoms with E-state index in [0.717, 1.165) is 0 Å². The fraction of sp³-hybridized carbons (Fsp3) is 0.429. The maximum absolute atomic E-state index is 12.4. The Bertz CT molecular complexity index is 483. The zero-order valence-electron chi connectivity index (χ0n) is 10.6. The molecule has 100 valence electrons. The molecule has 0 aliphatic carbocycles. The molecule has 2 aliphatic heterocycles. The smallest absolute Gasteiger partial charge is 0.251 e. The van der Waals surface area contributed by atoms with Gasteiger partial charge in [0.25, 0.3) is 5.91 Å². The fourth-order valence-electron chi connectivity index (χ4n) is 2.64. The van der Waals surface area contributed by atoms with Gasteiger partial charge in [-0.25, -0.2) is 4.90 Å². The van der Waals surface area contributed by atoms with Crippen molar-refractivity contribution in [2.45, 2.75) is 12.5 Å². The van der Waals surface area contributed by atoms with Gasteiger partial charge in [-0.3, -0.25) is 14.5 Å². The van der Waals surface area contributed by atoms with E-state index in [1.54, 1.807) is 12.1 Å². The molecule has 0 radical (unpaired) electrons. The number of rotatable bonds is 2. The molecular formula is C14H16N2O3. The molecule has 2 fully saturated rings. The molecule has 5 nitrogen and oxygen atoms in total. The van der Waals surface area contributed by atoms with Crippen LogP contribution < -0.4 is 4.90 Å². The number of carbonyl (C=O) groups is 2. The molecule has 2 heterocycles. The highest BCUT2D eigenvalue weighted by Gasteiger charge is 2.42. The predicted octanol–water partition coefficient (Wildman–Crippen LogP) is 0.651. The number of para-hydroxylation sites is 1. The lowest BCUT2D eigenvalue weighted by Gasteiger charge is -2.30. The topological polar surface area (TPSA) is 49.9 Å². The molecule has 1 atom stereocenters. The number of benzene rings is 1. The van der Waals surface area contributed by atoms with Crippen molar-refractivity contribution in [3.63, 3.8) is 0 Å². The second-order valence-corrected chi connectivity index (χ2v) is 4.77. The molecule has 1 aromatic rings. The van der Waals surface area contributed by atoms with Crippen LogP contribution in [0.15, 0.2) is 30.3 Å². The molecule has 0 aromatic heterocycles. The highest BCUT2D eigenvalue weighted by atomic mass is 16.5. The monoisotopic (exact) mass is 260 g/mol. The van der Waals surface area contributed by atoms with Crippen molar-refractivity contribution in [1.82, 2.24) is 4.90 Å². The lowest BCUT2D eigenvalue weighted by atomic mass is 10.2. The first-order valence-corrected chi connectivity index (χ1v) is 6.51. The summed E-state index contributed by atoms with van der Waals surface area (Å²) in [4.78, 5) is 27.9. The van der Waals surface area contributed by atoms with Crippen LogP contribution in [-0.4, -0.2) is 49.1 Å². The van der Waals surface area contributed by atoms with E-state index < -0.39 is 0 Å². The Morgan fingerprint density at radius 1 is 1.05 bits per heavy atom.